The quantitative estimate of drug-likeness (QED) is 0.633. The van der Waals surface area contributed by atoms with Crippen LogP contribution in [0.25, 0.3) is 0 Å². The van der Waals surface area contributed by atoms with Gasteiger partial charge in [0, 0.05) is 45.0 Å². The number of rotatable bonds is 7. The molecule has 0 atom stereocenters. The number of likely N-dealkylation sites (N-methyl/N-ethyl adjacent to an activating group) is 1. The molecule has 5 nitrogen and oxygen atoms in total. The molecule has 2 aromatic rings. The van der Waals surface area contributed by atoms with Crippen LogP contribution in [-0.2, 0) is 6.54 Å². The average Bonchev–Trinajstić information content (AvgIpc) is 2.63. The summed E-state index contributed by atoms with van der Waals surface area (Å²) in [5.41, 5.74) is 9.22. The predicted molar refractivity (Wildman–Crippen MR) is 131 cm³/mol. The topological polar surface area (TPSA) is 45.0 Å². The van der Waals surface area contributed by atoms with Crippen molar-refractivity contribution in [3.8, 4) is 5.75 Å². The van der Waals surface area contributed by atoms with Crippen LogP contribution in [0.5, 0.6) is 5.75 Å². The van der Waals surface area contributed by atoms with E-state index in [1.807, 2.05) is 18.2 Å². The fourth-order valence-corrected chi connectivity index (χ4v) is 3.28. The first-order valence-electron chi connectivity index (χ1n) is 9.30. The highest BCUT2D eigenvalue weighted by atomic mass is 35.5. The largest absolute Gasteiger partial charge is 0.490 e. The SMILES string of the molecule is CN(C)CCOc1ccccc1N1CCN(Cc2cccc(N)c2)CC1.Cl.Cl.Cl. The molecule has 0 saturated carbocycles. The lowest BCUT2D eigenvalue weighted by Crippen LogP contribution is -2.46. The van der Waals surface area contributed by atoms with Crippen molar-refractivity contribution in [3.63, 3.8) is 0 Å². The highest BCUT2D eigenvalue weighted by Gasteiger charge is 2.19. The normalized spacial score (nSPS) is 13.8. The molecule has 2 aromatic carbocycles. The lowest BCUT2D eigenvalue weighted by molar-refractivity contribution is 0.245. The van der Waals surface area contributed by atoms with Gasteiger partial charge in [0.1, 0.15) is 12.4 Å². The molecule has 0 radical (unpaired) electrons. The zero-order chi connectivity index (χ0) is 18.4. The van der Waals surface area contributed by atoms with E-state index < -0.39 is 0 Å². The van der Waals surface area contributed by atoms with E-state index in [1.54, 1.807) is 0 Å². The minimum Gasteiger partial charge on any atom is -0.490 e. The van der Waals surface area contributed by atoms with Crippen LogP contribution in [0.15, 0.2) is 48.5 Å². The first kappa shape index (κ1) is 27.6. The van der Waals surface area contributed by atoms with Gasteiger partial charge in [0.15, 0.2) is 0 Å². The zero-order valence-corrected chi connectivity index (χ0v) is 19.6. The minimum atomic E-state index is 0. The second-order valence-electron chi connectivity index (χ2n) is 7.13. The van der Waals surface area contributed by atoms with Crippen molar-refractivity contribution >= 4 is 48.6 Å². The molecule has 0 unspecified atom stereocenters. The number of nitrogens with two attached hydrogens (primary N) is 1. The highest BCUT2D eigenvalue weighted by molar-refractivity contribution is 5.86. The third kappa shape index (κ3) is 8.49. The van der Waals surface area contributed by atoms with E-state index in [0.717, 1.165) is 50.7 Å². The Bertz CT molecular complexity index is 710. The van der Waals surface area contributed by atoms with Gasteiger partial charge in [-0.2, -0.15) is 0 Å². The summed E-state index contributed by atoms with van der Waals surface area (Å²) in [4.78, 5) is 7.05. The van der Waals surface area contributed by atoms with Gasteiger partial charge in [-0.25, -0.2) is 0 Å². The predicted octanol–water partition coefficient (Wildman–Crippen LogP) is 3.80. The van der Waals surface area contributed by atoms with Crippen molar-refractivity contribution in [2.24, 2.45) is 0 Å². The monoisotopic (exact) mass is 462 g/mol. The molecule has 0 aliphatic carbocycles. The summed E-state index contributed by atoms with van der Waals surface area (Å²) < 4.78 is 6.03. The van der Waals surface area contributed by atoms with Gasteiger partial charge in [-0.3, -0.25) is 4.90 Å². The van der Waals surface area contributed by atoms with Crippen LogP contribution in [0.2, 0.25) is 0 Å². The van der Waals surface area contributed by atoms with Gasteiger partial charge in [-0.05, 0) is 43.9 Å². The minimum absolute atomic E-state index is 0. The Morgan fingerprint density at radius 3 is 2.28 bits per heavy atom. The van der Waals surface area contributed by atoms with Gasteiger partial charge in [-0.15, -0.1) is 37.2 Å². The van der Waals surface area contributed by atoms with Crippen molar-refractivity contribution in [1.29, 1.82) is 0 Å². The fourth-order valence-electron chi connectivity index (χ4n) is 3.28. The number of benzene rings is 2. The zero-order valence-electron chi connectivity index (χ0n) is 17.1. The molecule has 1 aliphatic rings. The molecule has 29 heavy (non-hydrogen) atoms. The summed E-state index contributed by atoms with van der Waals surface area (Å²) in [7, 11) is 4.13. The Morgan fingerprint density at radius 2 is 1.62 bits per heavy atom. The Balaban J connectivity index is 0.00000261. The number of ether oxygens (including phenoxy) is 1. The van der Waals surface area contributed by atoms with Crippen molar-refractivity contribution in [2.45, 2.75) is 6.54 Å². The van der Waals surface area contributed by atoms with Crippen LogP contribution in [0.1, 0.15) is 5.56 Å². The summed E-state index contributed by atoms with van der Waals surface area (Å²) in [5, 5.41) is 0. The van der Waals surface area contributed by atoms with Gasteiger partial charge in [0.25, 0.3) is 0 Å². The maximum Gasteiger partial charge on any atom is 0.142 e. The van der Waals surface area contributed by atoms with Crippen LogP contribution >= 0.6 is 37.2 Å². The molecule has 8 heteroatoms. The second kappa shape index (κ2) is 13.8. The lowest BCUT2D eigenvalue weighted by atomic mass is 10.1. The number of nitrogen functional groups attached to an aromatic ring is 1. The molecule has 0 aromatic heterocycles. The van der Waals surface area contributed by atoms with E-state index in [1.165, 1.54) is 11.3 Å². The Hall–Kier alpha value is -1.37. The van der Waals surface area contributed by atoms with Crippen LogP contribution in [0.4, 0.5) is 11.4 Å². The van der Waals surface area contributed by atoms with E-state index in [9.17, 15) is 0 Å². The van der Waals surface area contributed by atoms with Crippen LogP contribution in [0.3, 0.4) is 0 Å². The fraction of sp³-hybridized carbons (Fsp3) is 0.429. The number of hydrogen-bond acceptors (Lipinski definition) is 5. The third-order valence-electron chi connectivity index (χ3n) is 4.73. The van der Waals surface area contributed by atoms with Gasteiger partial charge in [0.05, 0.1) is 5.69 Å². The number of piperazine rings is 1. The number of anilines is 2. The van der Waals surface area contributed by atoms with E-state index in [4.69, 9.17) is 10.5 Å². The van der Waals surface area contributed by atoms with Gasteiger partial charge in [-0.1, -0.05) is 24.3 Å². The molecule has 164 valence electrons. The maximum absolute atomic E-state index is 6.03. The molecular weight excluding hydrogens is 431 g/mol. The summed E-state index contributed by atoms with van der Waals surface area (Å²) in [6.45, 7) is 6.69. The molecule has 1 heterocycles. The van der Waals surface area contributed by atoms with Crippen LogP contribution < -0.4 is 15.4 Å². The molecular formula is C21H33Cl3N4O. The molecule has 1 saturated heterocycles. The van der Waals surface area contributed by atoms with E-state index in [2.05, 4.69) is 59.1 Å². The van der Waals surface area contributed by atoms with Crippen molar-refractivity contribution in [1.82, 2.24) is 9.80 Å². The van der Waals surface area contributed by atoms with Gasteiger partial charge < -0.3 is 20.3 Å². The van der Waals surface area contributed by atoms with Crippen LogP contribution in [-0.4, -0.2) is 63.2 Å². The van der Waals surface area contributed by atoms with E-state index in [-0.39, 0.29) is 37.2 Å². The summed E-state index contributed by atoms with van der Waals surface area (Å²) in [6.07, 6.45) is 0. The van der Waals surface area contributed by atoms with Gasteiger partial charge >= 0.3 is 0 Å². The summed E-state index contributed by atoms with van der Waals surface area (Å²) in [6, 6.07) is 16.6. The number of hydrogen-bond donors (Lipinski definition) is 1. The molecule has 1 fully saturated rings. The highest BCUT2D eigenvalue weighted by Crippen LogP contribution is 2.29. The second-order valence-corrected chi connectivity index (χ2v) is 7.13. The number of para-hydroxylation sites is 2. The summed E-state index contributed by atoms with van der Waals surface area (Å²) in [5.74, 6) is 0.985. The Morgan fingerprint density at radius 1 is 0.931 bits per heavy atom. The van der Waals surface area contributed by atoms with Crippen molar-refractivity contribution in [2.75, 3.05) is 64.1 Å². The average molecular weight is 464 g/mol. The first-order valence-corrected chi connectivity index (χ1v) is 9.30. The molecule has 0 bridgehead atoms. The maximum atomic E-state index is 6.03. The number of nitrogens with zero attached hydrogens (tertiary/aromatic N) is 3. The first-order chi connectivity index (χ1) is 12.6. The molecule has 2 N–H and O–H groups in total. The van der Waals surface area contributed by atoms with Gasteiger partial charge in [0.2, 0.25) is 0 Å². The Kier molecular flexibility index (Phi) is 13.1. The molecule has 0 amide bonds. The van der Waals surface area contributed by atoms with Crippen molar-refractivity contribution < 1.29 is 4.74 Å². The molecule has 0 spiro atoms. The standard InChI is InChI=1S/C21H30N4O.3ClH/c1-23(2)14-15-26-21-9-4-3-8-20(21)25-12-10-24(11-13-25)17-18-6-5-7-19(22)16-18;;;/h3-9,16H,10-15,17,22H2,1-2H3;3*1H. The van der Waals surface area contributed by atoms with E-state index in [0.29, 0.717) is 6.61 Å². The molecule has 1 aliphatic heterocycles. The van der Waals surface area contributed by atoms with Crippen LogP contribution in [0, 0.1) is 0 Å². The van der Waals surface area contributed by atoms with Crippen molar-refractivity contribution in [3.05, 3.63) is 54.1 Å². The summed E-state index contributed by atoms with van der Waals surface area (Å²) >= 11 is 0. The number of halogens is 3. The smallest absolute Gasteiger partial charge is 0.142 e. The Labute approximate surface area is 193 Å². The molecule has 3 rings (SSSR count). The lowest BCUT2D eigenvalue weighted by Gasteiger charge is -2.36. The van der Waals surface area contributed by atoms with E-state index >= 15 is 0 Å². The third-order valence-corrected chi connectivity index (χ3v) is 4.73.